The molecule has 0 unspecified atom stereocenters. The summed E-state index contributed by atoms with van der Waals surface area (Å²) in [6, 6.07) is 11.5. The number of sulfonamides is 1. The summed E-state index contributed by atoms with van der Waals surface area (Å²) in [6.45, 7) is 4.03. The van der Waals surface area contributed by atoms with E-state index in [2.05, 4.69) is 5.32 Å². The molecule has 0 saturated carbocycles. The van der Waals surface area contributed by atoms with E-state index in [-0.39, 0.29) is 16.8 Å². The summed E-state index contributed by atoms with van der Waals surface area (Å²) in [6.07, 6.45) is 3.90. The van der Waals surface area contributed by atoms with Crippen LogP contribution in [-0.4, -0.2) is 44.9 Å². The molecule has 8 heteroatoms. The fourth-order valence-electron chi connectivity index (χ4n) is 3.90. The number of rotatable bonds is 5. The largest absolute Gasteiger partial charge is 0.486 e. The van der Waals surface area contributed by atoms with Crippen molar-refractivity contribution in [1.82, 2.24) is 9.62 Å². The highest BCUT2D eigenvalue weighted by atomic mass is 32.2. The van der Waals surface area contributed by atoms with Crippen LogP contribution >= 0.6 is 0 Å². The number of fused-ring (bicyclic) bond motifs is 1. The van der Waals surface area contributed by atoms with Gasteiger partial charge in [-0.15, -0.1) is 0 Å². The van der Waals surface area contributed by atoms with Gasteiger partial charge in [-0.1, -0.05) is 18.9 Å². The van der Waals surface area contributed by atoms with Gasteiger partial charge in [0.05, 0.1) is 10.9 Å². The fourth-order valence-corrected chi connectivity index (χ4v) is 5.42. The number of nitrogens with zero attached hydrogens (tertiary/aromatic N) is 1. The summed E-state index contributed by atoms with van der Waals surface area (Å²) in [4.78, 5) is 12.9. The Labute approximate surface area is 183 Å². The molecule has 2 aromatic rings. The normalized spacial score (nSPS) is 18.1. The first-order valence-corrected chi connectivity index (χ1v) is 12.2. The molecule has 1 amide bonds. The number of nitrogens with one attached hydrogen (secondary N) is 1. The Bertz CT molecular complexity index is 1030. The minimum absolute atomic E-state index is 0.228. The second-order valence-corrected chi connectivity index (χ2v) is 9.88. The first-order chi connectivity index (χ1) is 14.9. The first kappa shape index (κ1) is 21.6. The van der Waals surface area contributed by atoms with Crippen molar-refractivity contribution in [3.8, 4) is 11.5 Å². The summed E-state index contributed by atoms with van der Waals surface area (Å²) >= 11 is 0. The standard InChI is InChI=1S/C23H28N2O5S/c1-17(19-8-11-21-22(16-19)30-15-14-29-21)24-23(26)18-6-9-20(10-7-18)31(27,28)25-12-4-2-3-5-13-25/h6-11,16-17H,2-5,12-15H2,1H3,(H,24,26)/t17-/m1/s1. The van der Waals surface area contributed by atoms with E-state index < -0.39 is 10.0 Å². The predicted molar refractivity (Wildman–Crippen MR) is 117 cm³/mol. The van der Waals surface area contributed by atoms with Crippen molar-refractivity contribution in [3.05, 3.63) is 53.6 Å². The van der Waals surface area contributed by atoms with E-state index in [4.69, 9.17) is 9.47 Å². The average molecular weight is 445 g/mol. The highest BCUT2D eigenvalue weighted by molar-refractivity contribution is 7.89. The molecule has 2 heterocycles. The van der Waals surface area contributed by atoms with Gasteiger partial charge >= 0.3 is 0 Å². The third kappa shape index (κ3) is 4.85. The molecule has 2 aliphatic heterocycles. The van der Waals surface area contributed by atoms with Crippen molar-refractivity contribution in [2.24, 2.45) is 0 Å². The third-order valence-electron chi connectivity index (χ3n) is 5.73. The van der Waals surface area contributed by atoms with Gasteiger partial charge in [-0.05, 0) is 61.7 Å². The highest BCUT2D eigenvalue weighted by Gasteiger charge is 2.25. The van der Waals surface area contributed by atoms with Crippen molar-refractivity contribution in [3.63, 3.8) is 0 Å². The highest BCUT2D eigenvalue weighted by Crippen LogP contribution is 2.32. The van der Waals surface area contributed by atoms with Crippen molar-refractivity contribution in [2.75, 3.05) is 26.3 Å². The van der Waals surface area contributed by atoms with E-state index in [1.807, 2.05) is 25.1 Å². The number of carbonyl (C=O) groups excluding carboxylic acids is 1. The van der Waals surface area contributed by atoms with Crippen LogP contribution in [0.4, 0.5) is 0 Å². The molecule has 1 fully saturated rings. The minimum Gasteiger partial charge on any atom is -0.486 e. The topological polar surface area (TPSA) is 84.9 Å². The molecule has 31 heavy (non-hydrogen) atoms. The molecule has 0 aromatic heterocycles. The Morgan fingerprint density at radius 1 is 0.935 bits per heavy atom. The van der Waals surface area contributed by atoms with Crippen LogP contribution in [0.25, 0.3) is 0 Å². The zero-order valence-electron chi connectivity index (χ0n) is 17.7. The number of amides is 1. The van der Waals surface area contributed by atoms with Gasteiger partial charge in [-0.2, -0.15) is 4.31 Å². The van der Waals surface area contributed by atoms with Crippen LogP contribution in [0.5, 0.6) is 11.5 Å². The van der Waals surface area contributed by atoms with Crippen LogP contribution in [0, 0.1) is 0 Å². The molecular weight excluding hydrogens is 416 g/mol. The zero-order chi connectivity index (χ0) is 21.8. The maximum Gasteiger partial charge on any atom is 0.251 e. The Kier molecular flexibility index (Phi) is 6.48. The number of benzene rings is 2. The van der Waals surface area contributed by atoms with E-state index in [1.165, 1.54) is 12.1 Å². The summed E-state index contributed by atoms with van der Waals surface area (Å²) in [5, 5.41) is 2.95. The fraction of sp³-hybridized carbons (Fsp3) is 0.435. The Morgan fingerprint density at radius 2 is 1.58 bits per heavy atom. The van der Waals surface area contributed by atoms with E-state index >= 15 is 0 Å². The first-order valence-electron chi connectivity index (χ1n) is 10.8. The molecule has 0 bridgehead atoms. The molecule has 1 N–H and O–H groups in total. The van der Waals surface area contributed by atoms with Crippen LogP contribution < -0.4 is 14.8 Å². The molecule has 0 spiro atoms. The lowest BCUT2D eigenvalue weighted by Crippen LogP contribution is -2.32. The Balaban J connectivity index is 1.43. The molecule has 2 aliphatic rings. The summed E-state index contributed by atoms with van der Waals surface area (Å²) < 4.78 is 38.5. The van der Waals surface area contributed by atoms with E-state index in [0.717, 1.165) is 31.2 Å². The minimum atomic E-state index is -3.53. The van der Waals surface area contributed by atoms with Gasteiger partial charge in [-0.3, -0.25) is 4.79 Å². The maximum atomic E-state index is 12.9. The second-order valence-electron chi connectivity index (χ2n) is 7.94. The predicted octanol–water partition coefficient (Wildman–Crippen LogP) is 3.51. The molecule has 166 valence electrons. The molecule has 1 atom stereocenters. The van der Waals surface area contributed by atoms with Crippen molar-refractivity contribution in [2.45, 2.75) is 43.5 Å². The van der Waals surface area contributed by atoms with E-state index in [0.29, 0.717) is 43.4 Å². The van der Waals surface area contributed by atoms with E-state index in [9.17, 15) is 13.2 Å². The zero-order valence-corrected chi connectivity index (χ0v) is 18.5. The van der Waals surface area contributed by atoms with Crippen molar-refractivity contribution in [1.29, 1.82) is 0 Å². The van der Waals surface area contributed by atoms with Crippen LogP contribution in [-0.2, 0) is 10.0 Å². The Morgan fingerprint density at radius 3 is 2.26 bits per heavy atom. The molecule has 4 rings (SSSR count). The van der Waals surface area contributed by atoms with Crippen LogP contribution in [0.1, 0.15) is 54.6 Å². The molecule has 0 radical (unpaired) electrons. The van der Waals surface area contributed by atoms with Crippen LogP contribution in [0.15, 0.2) is 47.4 Å². The monoisotopic (exact) mass is 444 g/mol. The second kappa shape index (κ2) is 9.28. The lowest BCUT2D eigenvalue weighted by Gasteiger charge is -2.21. The average Bonchev–Trinajstić information content (AvgIpc) is 3.09. The SMILES string of the molecule is C[C@@H](NC(=O)c1ccc(S(=O)(=O)N2CCCCCC2)cc1)c1ccc2c(c1)OCCO2. The maximum absolute atomic E-state index is 12.9. The molecule has 7 nitrogen and oxygen atoms in total. The van der Waals surface area contributed by atoms with Crippen LogP contribution in [0.2, 0.25) is 0 Å². The number of ether oxygens (including phenoxy) is 2. The van der Waals surface area contributed by atoms with Gasteiger partial charge in [-0.25, -0.2) is 8.42 Å². The van der Waals surface area contributed by atoms with Gasteiger partial charge in [0.15, 0.2) is 11.5 Å². The molecular formula is C23H28N2O5S. The lowest BCUT2D eigenvalue weighted by molar-refractivity contribution is 0.0939. The number of carbonyl (C=O) groups is 1. The van der Waals surface area contributed by atoms with E-state index in [1.54, 1.807) is 16.4 Å². The summed E-state index contributed by atoms with van der Waals surface area (Å²) in [5.74, 6) is 1.11. The van der Waals surface area contributed by atoms with Crippen molar-refractivity contribution >= 4 is 15.9 Å². The third-order valence-corrected chi connectivity index (χ3v) is 7.65. The van der Waals surface area contributed by atoms with Gasteiger partial charge < -0.3 is 14.8 Å². The van der Waals surface area contributed by atoms with Gasteiger partial charge in [0.25, 0.3) is 5.91 Å². The molecule has 1 saturated heterocycles. The van der Waals surface area contributed by atoms with Gasteiger partial charge in [0.2, 0.25) is 10.0 Å². The van der Waals surface area contributed by atoms with Crippen molar-refractivity contribution < 1.29 is 22.7 Å². The number of hydrogen-bond acceptors (Lipinski definition) is 5. The summed E-state index contributed by atoms with van der Waals surface area (Å²) in [7, 11) is -3.53. The smallest absolute Gasteiger partial charge is 0.251 e. The quantitative estimate of drug-likeness (QED) is 0.763. The number of hydrogen-bond donors (Lipinski definition) is 1. The lowest BCUT2D eigenvalue weighted by atomic mass is 10.1. The molecule has 0 aliphatic carbocycles. The molecule has 2 aromatic carbocycles. The van der Waals surface area contributed by atoms with Gasteiger partial charge in [0.1, 0.15) is 13.2 Å². The Hall–Kier alpha value is -2.58. The summed E-state index contributed by atoms with van der Waals surface area (Å²) in [5.41, 5.74) is 1.32. The van der Waals surface area contributed by atoms with Crippen LogP contribution in [0.3, 0.4) is 0 Å². The van der Waals surface area contributed by atoms with Gasteiger partial charge in [0, 0.05) is 18.7 Å².